The van der Waals surface area contributed by atoms with Crippen molar-refractivity contribution in [2.45, 2.75) is 38.5 Å². The van der Waals surface area contributed by atoms with Crippen molar-refractivity contribution in [2.75, 3.05) is 0 Å². The van der Waals surface area contributed by atoms with Gasteiger partial charge in [0.05, 0.1) is 0 Å². The fourth-order valence-corrected chi connectivity index (χ4v) is 4.38. The molecule has 1 aromatic carbocycles. The second-order valence-electron chi connectivity index (χ2n) is 4.28. The van der Waals surface area contributed by atoms with Crippen LogP contribution in [0.5, 0.6) is 0 Å². The summed E-state index contributed by atoms with van der Waals surface area (Å²) in [5.41, 5.74) is 0.590. The van der Waals surface area contributed by atoms with Gasteiger partial charge in [0.15, 0.2) is 0 Å². The highest BCUT2D eigenvalue weighted by Gasteiger charge is 2.42. The Kier molecular flexibility index (Phi) is 5.55. The second kappa shape index (κ2) is 6.49. The Morgan fingerprint density at radius 2 is 1.78 bits per heavy atom. The van der Waals surface area contributed by atoms with E-state index in [1.54, 1.807) is 19.1 Å². The molecule has 0 aromatic heterocycles. The zero-order valence-electron chi connectivity index (χ0n) is 10.6. The largest absolute Gasteiger partial charge is 0.595 e. The van der Waals surface area contributed by atoms with Crippen LogP contribution in [0.25, 0.3) is 0 Å². The molecular formula is C12H16O4P2. The SMILES string of the molecule is CCC(C(c1cccc(C)c1C)[P+](=O)[O-])[P+](=O)[O-]. The molecule has 0 heterocycles. The van der Waals surface area contributed by atoms with Gasteiger partial charge in [-0.25, -0.2) is 0 Å². The van der Waals surface area contributed by atoms with Crippen LogP contribution in [0.3, 0.4) is 0 Å². The van der Waals surface area contributed by atoms with Gasteiger partial charge in [-0.15, -0.1) is 0 Å². The van der Waals surface area contributed by atoms with Crippen LogP contribution >= 0.6 is 16.1 Å². The Morgan fingerprint density at radius 1 is 1.17 bits per heavy atom. The van der Waals surface area contributed by atoms with Crippen LogP contribution in [0.1, 0.15) is 35.7 Å². The molecule has 4 atom stereocenters. The van der Waals surface area contributed by atoms with Crippen LogP contribution in [-0.4, -0.2) is 5.66 Å². The van der Waals surface area contributed by atoms with E-state index in [4.69, 9.17) is 0 Å². The van der Waals surface area contributed by atoms with Gasteiger partial charge in [0.1, 0.15) is 0 Å². The molecule has 0 spiro atoms. The maximum atomic E-state index is 11.4. The summed E-state index contributed by atoms with van der Waals surface area (Å²) in [5.74, 6) is 0. The van der Waals surface area contributed by atoms with E-state index in [-0.39, 0.29) is 0 Å². The van der Waals surface area contributed by atoms with Gasteiger partial charge >= 0.3 is 16.1 Å². The summed E-state index contributed by atoms with van der Waals surface area (Å²) < 4.78 is 22.7. The van der Waals surface area contributed by atoms with E-state index in [1.807, 2.05) is 19.9 Å². The number of hydrogen-bond donors (Lipinski definition) is 0. The first-order valence-corrected chi connectivity index (χ1v) is 8.22. The molecule has 0 fully saturated rings. The van der Waals surface area contributed by atoms with E-state index in [9.17, 15) is 18.9 Å². The highest BCUT2D eigenvalue weighted by molar-refractivity contribution is 7.42. The first-order valence-electron chi connectivity index (χ1n) is 5.73. The standard InChI is InChI=1S/C12H16O4P2/c1-4-11(17(13)14)12(18(15)16)10-7-5-6-8(2)9(10)3/h5-7,11-12H,4H2,1-3H3. The molecule has 6 heteroatoms. The lowest BCUT2D eigenvalue weighted by Crippen LogP contribution is -2.19. The van der Waals surface area contributed by atoms with Crippen LogP contribution in [0.4, 0.5) is 0 Å². The van der Waals surface area contributed by atoms with E-state index in [2.05, 4.69) is 0 Å². The Bertz CT molecular complexity index is 473. The highest BCUT2D eigenvalue weighted by atomic mass is 31.1. The quantitative estimate of drug-likeness (QED) is 0.778. The van der Waals surface area contributed by atoms with Gasteiger partial charge in [-0.05, 0) is 31.4 Å². The topological polar surface area (TPSA) is 80.3 Å². The van der Waals surface area contributed by atoms with Crippen molar-refractivity contribution in [2.24, 2.45) is 0 Å². The zero-order valence-corrected chi connectivity index (χ0v) is 12.4. The molecule has 1 aromatic rings. The molecule has 0 bridgehead atoms. The molecule has 1 rings (SSSR count). The first-order chi connectivity index (χ1) is 8.40. The van der Waals surface area contributed by atoms with Crippen LogP contribution in [0.2, 0.25) is 0 Å². The highest BCUT2D eigenvalue weighted by Crippen LogP contribution is 2.47. The summed E-state index contributed by atoms with van der Waals surface area (Å²) in [7, 11) is -5.60. The lowest BCUT2D eigenvalue weighted by Gasteiger charge is -2.16. The summed E-state index contributed by atoms with van der Waals surface area (Å²) in [6.45, 7) is 5.39. The third-order valence-electron chi connectivity index (χ3n) is 3.25. The third kappa shape index (κ3) is 3.21. The number of benzene rings is 1. The average Bonchev–Trinajstić information content (AvgIpc) is 2.29. The molecule has 4 nitrogen and oxygen atoms in total. The van der Waals surface area contributed by atoms with E-state index in [1.165, 1.54) is 0 Å². The molecule has 0 aliphatic carbocycles. The number of aryl methyl sites for hydroxylation is 1. The predicted molar refractivity (Wildman–Crippen MR) is 67.9 cm³/mol. The zero-order chi connectivity index (χ0) is 13.9. The van der Waals surface area contributed by atoms with Crippen molar-refractivity contribution in [3.63, 3.8) is 0 Å². The van der Waals surface area contributed by atoms with Gasteiger partial charge in [0.25, 0.3) is 0 Å². The predicted octanol–water partition coefficient (Wildman–Crippen LogP) is 2.33. The molecule has 0 aliphatic rings. The minimum atomic E-state index is -2.83. The minimum absolute atomic E-state index is 0.292. The van der Waals surface area contributed by atoms with Gasteiger partial charge in [0.2, 0.25) is 11.3 Å². The van der Waals surface area contributed by atoms with Gasteiger partial charge in [-0.2, -0.15) is 0 Å². The average molecular weight is 286 g/mol. The van der Waals surface area contributed by atoms with E-state index in [0.717, 1.165) is 11.1 Å². The lowest BCUT2D eigenvalue weighted by molar-refractivity contribution is -0.172. The molecule has 0 N–H and O–H groups in total. The van der Waals surface area contributed by atoms with Gasteiger partial charge < -0.3 is 9.79 Å². The van der Waals surface area contributed by atoms with Crippen molar-refractivity contribution in [3.05, 3.63) is 34.9 Å². The normalized spacial score (nSPS) is 16.1. The van der Waals surface area contributed by atoms with Crippen molar-refractivity contribution < 1.29 is 18.9 Å². The van der Waals surface area contributed by atoms with Crippen molar-refractivity contribution in [1.82, 2.24) is 0 Å². The summed E-state index contributed by atoms with van der Waals surface area (Å²) in [5, 5.41) is 0. The first kappa shape index (κ1) is 15.4. The van der Waals surface area contributed by atoms with Gasteiger partial charge in [-0.3, -0.25) is 0 Å². The van der Waals surface area contributed by atoms with E-state index < -0.39 is 27.4 Å². The Balaban J connectivity index is 3.32. The Labute approximate surface area is 109 Å². The van der Waals surface area contributed by atoms with Crippen molar-refractivity contribution >= 4 is 16.1 Å². The fraction of sp³-hybridized carbons (Fsp3) is 0.500. The third-order valence-corrected chi connectivity index (χ3v) is 5.78. The van der Waals surface area contributed by atoms with Gasteiger partial charge in [0, 0.05) is 5.56 Å². The molecule has 18 heavy (non-hydrogen) atoms. The molecule has 0 saturated heterocycles. The Morgan fingerprint density at radius 3 is 2.22 bits per heavy atom. The maximum Gasteiger partial charge on any atom is 0.321 e. The molecule has 0 saturated carbocycles. The Hall–Kier alpha value is -0.660. The molecule has 98 valence electrons. The maximum absolute atomic E-state index is 11.4. The molecule has 0 aliphatic heterocycles. The van der Waals surface area contributed by atoms with Crippen LogP contribution < -0.4 is 9.79 Å². The fourth-order valence-electron chi connectivity index (χ4n) is 2.04. The molecule has 0 radical (unpaired) electrons. The van der Waals surface area contributed by atoms with Crippen LogP contribution in [0, 0.1) is 13.8 Å². The van der Waals surface area contributed by atoms with Gasteiger partial charge in [-0.1, -0.05) is 34.3 Å². The smallest absolute Gasteiger partial charge is 0.321 e. The van der Waals surface area contributed by atoms with Crippen LogP contribution in [0.15, 0.2) is 18.2 Å². The van der Waals surface area contributed by atoms with E-state index >= 15 is 0 Å². The summed E-state index contributed by atoms with van der Waals surface area (Å²) in [6, 6.07) is 5.33. The van der Waals surface area contributed by atoms with Crippen LogP contribution in [-0.2, 0) is 9.13 Å². The number of hydrogen-bond acceptors (Lipinski definition) is 4. The molecule has 0 amide bonds. The second-order valence-corrected chi connectivity index (χ2v) is 6.64. The minimum Gasteiger partial charge on any atom is -0.595 e. The summed E-state index contributed by atoms with van der Waals surface area (Å²) in [6.07, 6.45) is 0.292. The lowest BCUT2D eigenvalue weighted by atomic mass is 9.98. The summed E-state index contributed by atoms with van der Waals surface area (Å²) >= 11 is 0. The molecular weight excluding hydrogens is 270 g/mol. The van der Waals surface area contributed by atoms with Crippen molar-refractivity contribution in [3.8, 4) is 0 Å². The molecule has 4 unspecified atom stereocenters. The van der Waals surface area contributed by atoms with Crippen molar-refractivity contribution in [1.29, 1.82) is 0 Å². The monoisotopic (exact) mass is 286 g/mol. The van der Waals surface area contributed by atoms with E-state index in [0.29, 0.717) is 12.0 Å². The number of rotatable bonds is 5. The summed E-state index contributed by atoms with van der Waals surface area (Å²) in [4.78, 5) is 22.7.